The zero-order chi connectivity index (χ0) is 20.8. The normalized spacial score (nSPS) is 20.1. The number of thiazole rings is 1. The van der Waals surface area contributed by atoms with E-state index in [1.165, 1.54) is 0 Å². The van der Waals surface area contributed by atoms with Crippen molar-refractivity contribution in [2.45, 2.75) is 38.6 Å². The van der Waals surface area contributed by atoms with E-state index in [1.807, 2.05) is 12.1 Å². The zero-order valence-corrected chi connectivity index (χ0v) is 17.6. The molecule has 9 heteroatoms. The van der Waals surface area contributed by atoms with Gasteiger partial charge in [0, 0.05) is 24.4 Å². The van der Waals surface area contributed by atoms with Crippen LogP contribution in [0.1, 0.15) is 48.4 Å². The molecule has 2 atom stereocenters. The van der Waals surface area contributed by atoms with Gasteiger partial charge >= 0.3 is 0 Å². The molecule has 30 heavy (non-hydrogen) atoms. The molecule has 3 aromatic rings. The van der Waals surface area contributed by atoms with Crippen LogP contribution in [0.15, 0.2) is 34.1 Å². The first-order valence-electron chi connectivity index (χ1n) is 10.1. The summed E-state index contributed by atoms with van der Waals surface area (Å²) in [4.78, 5) is 34.7. The maximum atomic E-state index is 12.4. The van der Waals surface area contributed by atoms with Gasteiger partial charge in [-0.15, -0.1) is 11.3 Å². The molecule has 1 saturated heterocycles. The minimum atomic E-state index is -0.00401. The monoisotopic (exact) mass is 423 g/mol. The van der Waals surface area contributed by atoms with E-state index in [-0.39, 0.29) is 24.4 Å². The first kappa shape index (κ1) is 19.0. The van der Waals surface area contributed by atoms with Gasteiger partial charge in [0.05, 0.1) is 23.8 Å². The van der Waals surface area contributed by atoms with E-state index in [4.69, 9.17) is 4.52 Å². The van der Waals surface area contributed by atoms with E-state index in [0.717, 1.165) is 33.0 Å². The highest BCUT2D eigenvalue weighted by Gasteiger charge is 2.46. The van der Waals surface area contributed by atoms with Crippen LogP contribution in [-0.4, -0.2) is 39.0 Å². The molecule has 2 aliphatic rings. The fourth-order valence-corrected chi connectivity index (χ4v) is 5.39. The van der Waals surface area contributed by atoms with Crippen molar-refractivity contribution in [2.75, 3.05) is 13.1 Å². The van der Waals surface area contributed by atoms with Gasteiger partial charge in [-0.25, -0.2) is 4.98 Å². The molecule has 8 nitrogen and oxygen atoms in total. The van der Waals surface area contributed by atoms with E-state index in [1.54, 1.807) is 22.4 Å². The number of hydrogen-bond donors (Lipinski definition) is 0. The molecule has 0 N–H and O–H groups in total. The highest BCUT2D eigenvalue weighted by Crippen LogP contribution is 2.49. The number of carbonyl (C=O) groups excluding carboxylic acids is 1. The lowest BCUT2D eigenvalue weighted by Gasteiger charge is -2.24. The van der Waals surface area contributed by atoms with Gasteiger partial charge in [0.15, 0.2) is 0 Å². The van der Waals surface area contributed by atoms with Crippen molar-refractivity contribution in [3.63, 3.8) is 0 Å². The maximum absolute atomic E-state index is 12.4. The third-order valence-corrected chi connectivity index (χ3v) is 7.15. The Morgan fingerprint density at radius 3 is 2.97 bits per heavy atom. The van der Waals surface area contributed by atoms with Gasteiger partial charge in [-0.05, 0) is 23.5 Å². The van der Waals surface area contributed by atoms with Gasteiger partial charge < -0.3 is 9.42 Å². The molecular formula is C21H21N5O3S. The first-order valence-corrected chi connectivity index (χ1v) is 10.9. The second-order valence-corrected chi connectivity index (χ2v) is 9.13. The van der Waals surface area contributed by atoms with Crippen LogP contribution in [0.2, 0.25) is 0 Å². The average Bonchev–Trinajstić information content (AvgIpc) is 3.49. The summed E-state index contributed by atoms with van der Waals surface area (Å²) in [7, 11) is 0. The maximum Gasteiger partial charge on any atom is 0.269 e. The molecule has 2 aromatic heterocycles. The van der Waals surface area contributed by atoms with E-state index in [9.17, 15) is 9.70 Å². The van der Waals surface area contributed by atoms with E-state index in [0.29, 0.717) is 30.6 Å². The quantitative estimate of drug-likeness (QED) is 0.551. The molecule has 1 aliphatic carbocycles. The van der Waals surface area contributed by atoms with Gasteiger partial charge in [0.25, 0.3) is 5.89 Å². The van der Waals surface area contributed by atoms with Crippen molar-refractivity contribution >= 4 is 17.2 Å². The summed E-state index contributed by atoms with van der Waals surface area (Å²) in [6.45, 7) is 4.69. The van der Waals surface area contributed by atoms with Crippen LogP contribution in [0.25, 0.3) is 22.2 Å². The molecule has 0 bridgehead atoms. The molecule has 5 rings (SSSR count). The highest BCUT2D eigenvalue weighted by molar-refractivity contribution is 7.15. The Balaban J connectivity index is 1.48. The molecular weight excluding hydrogens is 402 g/mol. The van der Waals surface area contributed by atoms with Gasteiger partial charge in [0.1, 0.15) is 4.88 Å². The fraction of sp³-hybridized carbons (Fsp3) is 0.429. The number of amides is 1. The van der Waals surface area contributed by atoms with Crippen LogP contribution in [0.3, 0.4) is 0 Å². The molecule has 1 aliphatic heterocycles. The van der Waals surface area contributed by atoms with Crippen LogP contribution >= 0.6 is 11.3 Å². The zero-order valence-electron chi connectivity index (χ0n) is 16.7. The van der Waals surface area contributed by atoms with Gasteiger partial charge in [-0.1, -0.05) is 42.4 Å². The van der Waals surface area contributed by atoms with Gasteiger partial charge in [-0.3, -0.25) is 4.79 Å². The van der Waals surface area contributed by atoms with Crippen LogP contribution in [-0.2, 0) is 11.2 Å². The van der Waals surface area contributed by atoms with Crippen LogP contribution in [0.5, 0.6) is 0 Å². The second kappa shape index (κ2) is 7.39. The van der Waals surface area contributed by atoms with Gasteiger partial charge in [-0.2, -0.15) is 9.89 Å². The smallest absolute Gasteiger partial charge is 0.269 e. The minimum Gasteiger partial charge on any atom is -0.333 e. The van der Waals surface area contributed by atoms with E-state index >= 15 is 0 Å². The van der Waals surface area contributed by atoms with E-state index < -0.39 is 0 Å². The van der Waals surface area contributed by atoms with Crippen molar-refractivity contribution in [1.29, 1.82) is 0 Å². The summed E-state index contributed by atoms with van der Waals surface area (Å²) in [5, 5.41) is 8.20. The van der Waals surface area contributed by atoms with Crippen molar-refractivity contribution in [3.8, 4) is 22.2 Å². The topological polar surface area (TPSA) is 102 Å². The molecule has 1 fully saturated rings. The summed E-state index contributed by atoms with van der Waals surface area (Å²) in [5.74, 6) is 1.68. The lowest BCUT2D eigenvalue weighted by atomic mass is 10.0. The Morgan fingerprint density at radius 2 is 2.20 bits per heavy atom. The molecule has 3 heterocycles. The molecule has 154 valence electrons. The van der Waals surface area contributed by atoms with Crippen molar-refractivity contribution in [2.24, 2.45) is 11.1 Å². The number of hydrogen-bond acceptors (Lipinski definition) is 8. The minimum absolute atomic E-state index is 0.00401. The summed E-state index contributed by atoms with van der Waals surface area (Å²) in [6, 6.07) is 6.02. The Labute approximate surface area is 177 Å². The Bertz CT molecular complexity index is 1120. The van der Waals surface area contributed by atoms with Crippen molar-refractivity contribution < 1.29 is 9.32 Å². The number of likely N-dealkylation sites (tertiary alicyclic amines) is 1. The fourth-order valence-electron chi connectivity index (χ4n) is 4.55. The third-order valence-electron chi connectivity index (χ3n) is 5.86. The largest absolute Gasteiger partial charge is 0.333 e. The molecule has 1 amide bonds. The van der Waals surface area contributed by atoms with Crippen molar-refractivity contribution in [3.05, 3.63) is 45.4 Å². The van der Waals surface area contributed by atoms with Crippen LogP contribution in [0.4, 0.5) is 0 Å². The van der Waals surface area contributed by atoms with Crippen molar-refractivity contribution in [1.82, 2.24) is 20.0 Å². The van der Waals surface area contributed by atoms with E-state index in [2.05, 4.69) is 40.2 Å². The number of fused-ring (bicyclic) bond motifs is 3. The summed E-state index contributed by atoms with van der Waals surface area (Å²) in [5.41, 5.74) is 3.20. The predicted molar refractivity (Wildman–Crippen MR) is 112 cm³/mol. The number of nitroso groups, excluding NO2 is 1. The molecule has 1 aromatic carbocycles. The number of nitrogens with zero attached hydrogens (tertiary/aromatic N) is 5. The number of aromatic nitrogens is 3. The molecule has 0 radical (unpaired) electrons. The lowest BCUT2D eigenvalue weighted by molar-refractivity contribution is -0.128. The number of rotatable bonds is 6. The Hall–Kier alpha value is -2.94. The first-order chi connectivity index (χ1) is 14.6. The lowest BCUT2D eigenvalue weighted by Crippen LogP contribution is -2.30. The highest BCUT2D eigenvalue weighted by atomic mass is 32.1. The molecule has 0 saturated carbocycles. The van der Waals surface area contributed by atoms with Crippen LogP contribution < -0.4 is 0 Å². The van der Waals surface area contributed by atoms with Gasteiger partial charge in [0.2, 0.25) is 11.7 Å². The molecule has 0 unspecified atom stereocenters. The average molecular weight is 423 g/mol. The second-order valence-electron chi connectivity index (χ2n) is 8.07. The number of benzene rings is 1. The molecule has 0 spiro atoms. The number of carbonyl (C=O) groups is 1. The third kappa shape index (κ3) is 3.04. The Kier molecular flexibility index (Phi) is 4.69. The summed E-state index contributed by atoms with van der Waals surface area (Å²) in [6.07, 6.45) is 3.06. The summed E-state index contributed by atoms with van der Waals surface area (Å²) >= 11 is 1.56. The van der Waals surface area contributed by atoms with Crippen LogP contribution in [0, 0.1) is 10.8 Å². The predicted octanol–water partition coefficient (Wildman–Crippen LogP) is 4.20. The SMILES string of the molecule is CC(C)c1ncc(-c2nc(-c3cccc4c3C[C@H]3CC(=O)N(CCN=O)[C@@H]43)no2)s1. The standard InChI is InChI=1S/C21H21N5O3S/c1-11(2)21-22-10-16(30-21)20-24-19(25-29-20)14-5-3-4-13-15(14)8-12-9-17(27)26(18(12)13)7-6-23-28/h3-5,10-12,18H,6-9H2,1-2H3/t12-,18+/m0/s1. The summed E-state index contributed by atoms with van der Waals surface area (Å²) < 4.78 is 5.54. The Morgan fingerprint density at radius 1 is 1.33 bits per heavy atom.